The second-order valence-corrected chi connectivity index (χ2v) is 4.75. The maximum absolute atomic E-state index is 5.86. The van der Waals surface area contributed by atoms with Gasteiger partial charge in [-0.05, 0) is 43.0 Å². The third kappa shape index (κ3) is 3.83. The van der Waals surface area contributed by atoms with Gasteiger partial charge >= 0.3 is 0 Å². The Labute approximate surface area is 115 Å². The summed E-state index contributed by atoms with van der Waals surface area (Å²) in [5, 5.41) is 0. The molecule has 0 aliphatic rings. The fourth-order valence-corrected chi connectivity index (χ4v) is 2.18. The van der Waals surface area contributed by atoms with E-state index in [0.29, 0.717) is 19.1 Å². The van der Waals surface area contributed by atoms with E-state index in [9.17, 15) is 0 Å². The first kappa shape index (κ1) is 13.6. The highest BCUT2D eigenvalue weighted by Crippen LogP contribution is 2.20. The molecule has 0 bridgehead atoms. The first-order valence-corrected chi connectivity index (χ1v) is 6.74. The smallest absolute Gasteiger partial charge is 0.122 e. The highest BCUT2D eigenvalue weighted by atomic mass is 16.5. The molecule has 0 saturated heterocycles. The first-order chi connectivity index (χ1) is 9.31. The lowest BCUT2D eigenvalue weighted by atomic mass is 9.96. The Morgan fingerprint density at radius 2 is 1.68 bits per heavy atom. The largest absolute Gasteiger partial charge is 0.493 e. The maximum Gasteiger partial charge on any atom is 0.122 e. The van der Waals surface area contributed by atoms with Crippen molar-refractivity contribution in [3.8, 4) is 5.75 Å². The minimum Gasteiger partial charge on any atom is -0.493 e. The molecule has 2 rings (SSSR count). The van der Waals surface area contributed by atoms with Gasteiger partial charge in [-0.3, -0.25) is 0 Å². The van der Waals surface area contributed by atoms with Gasteiger partial charge in [0.25, 0.3) is 0 Å². The van der Waals surface area contributed by atoms with Gasteiger partial charge in [0.1, 0.15) is 5.75 Å². The molecule has 2 heteroatoms. The SMILES string of the molecule is Cc1ccccc1OCCC(CN)c1ccccc1. The Kier molecular flexibility index (Phi) is 4.99. The van der Waals surface area contributed by atoms with Gasteiger partial charge in [-0.25, -0.2) is 0 Å². The Morgan fingerprint density at radius 3 is 2.37 bits per heavy atom. The fraction of sp³-hybridized carbons (Fsp3) is 0.294. The summed E-state index contributed by atoms with van der Waals surface area (Å²) in [5.74, 6) is 1.33. The molecule has 0 amide bonds. The normalized spacial score (nSPS) is 12.1. The molecule has 2 aromatic carbocycles. The van der Waals surface area contributed by atoms with Crippen molar-refractivity contribution in [3.05, 3.63) is 65.7 Å². The minimum absolute atomic E-state index is 0.366. The van der Waals surface area contributed by atoms with Crippen molar-refractivity contribution in [2.75, 3.05) is 13.2 Å². The number of hydrogen-bond acceptors (Lipinski definition) is 2. The summed E-state index contributed by atoms with van der Waals surface area (Å²) in [6, 6.07) is 18.5. The van der Waals surface area contributed by atoms with Gasteiger partial charge in [0, 0.05) is 0 Å². The van der Waals surface area contributed by atoms with E-state index >= 15 is 0 Å². The molecule has 0 aliphatic heterocycles. The molecule has 0 aliphatic carbocycles. The Balaban J connectivity index is 1.89. The molecular formula is C17H21NO. The van der Waals surface area contributed by atoms with Crippen LogP contribution < -0.4 is 10.5 Å². The van der Waals surface area contributed by atoms with Crippen LogP contribution in [0.25, 0.3) is 0 Å². The molecule has 100 valence electrons. The zero-order chi connectivity index (χ0) is 13.5. The highest BCUT2D eigenvalue weighted by Gasteiger charge is 2.09. The summed E-state index contributed by atoms with van der Waals surface area (Å²) < 4.78 is 5.84. The molecule has 1 unspecified atom stereocenters. The van der Waals surface area contributed by atoms with E-state index in [0.717, 1.165) is 12.2 Å². The lowest BCUT2D eigenvalue weighted by molar-refractivity contribution is 0.296. The highest BCUT2D eigenvalue weighted by molar-refractivity contribution is 5.31. The molecule has 19 heavy (non-hydrogen) atoms. The van der Waals surface area contributed by atoms with Crippen LogP contribution in [-0.4, -0.2) is 13.2 Å². The van der Waals surface area contributed by atoms with Crippen LogP contribution in [0.3, 0.4) is 0 Å². The van der Waals surface area contributed by atoms with E-state index in [1.165, 1.54) is 11.1 Å². The van der Waals surface area contributed by atoms with Gasteiger partial charge in [-0.1, -0.05) is 48.5 Å². The van der Waals surface area contributed by atoms with E-state index < -0.39 is 0 Å². The number of nitrogens with two attached hydrogens (primary N) is 1. The summed E-state index contributed by atoms with van der Waals surface area (Å²) in [7, 11) is 0. The van der Waals surface area contributed by atoms with Gasteiger partial charge in [0.05, 0.1) is 6.61 Å². The first-order valence-electron chi connectivity index (χ1n) is 6.74. The van der Waals surface area contributed by atoms with Crippen LogP contribution in [-0.2, 0) is 0 Å². The topological polar surface area (TPSA) is 35.2 Å². The van der Waals surface area contributed by atoms with Crippen LogP contribution in [0.5, 0.6) is 5.75 Å². The lowest BCUT2D eigenvalue weighted by Gasteiger charge is -2.16. The van der Waals surface area contributed by atoms with Crippen LogP contribution in [0.2, 0.25) is 0 Å². The number of aryl methyl sites for hydroxylation is 1. The predicted octanol–water partition coefficient (Wildman–Crippen LogP) is 3.51. The van der Waals surface area contributed by atoms with Crippen LogP contribution >= 0.6 is 0 Å². The van der Waals surface area contributed by atoms with Crippen molar-refractivity contribution in [1.82, 2.24) is 0 Å². The monoisotopic (exact) mass is 255 g/mol. The van der Waals surface area contributed by atoms with Gasteiger partial charge in [0.2, 0.25) is 0 Å². The van der Waals surface area contributed by atoms with E-state index in [-0.39, 0.29) is 0 Å². The number of benzene rings is 2. The Hall–Kier alpha value is -1.80. The van der Waals surface area contributed by atoms with Crippen molar-refractivity contribution in [1.29, 1.82) is 0 Å². The summed E-state index contributed by atoms with van der Waals surface area (Å²) in [4.78, 5) is 0. The van der Waals surface area contributed by atoms with Crippen LogP contribution in [0, 0.1) is 6.92 Å². The summed E-state index contributed by atoms with van der Waals surface area (Å²) in [5.41, 5.74) is 8.32. The van der Waals surface area contributed by atoms with Gasteiger partial charge in [0.15, 0.2) is 0 Å². The molecule has 2 aromatic rings. The summed E-state index contributed by atoms with van der Waals surface area (Å²) in [6.07, 6.45) is 0.939. The van der Waals surface area contributed by atoms with Crippen molar-refractivity contribution in [2.45, 2.75) is 19.3 Å². The molecule has 0 spiro atoms. The molecule has 0 saturated carbocycles. The maximum atomic E-state index is 5.86. The van der Waals surface area contributed by atoms with Gasteiger partial charge in [-0.15, -0.1) is 0 Å². The molecule has 2 nitrogen and oxygen atoms in total. The van der Waals surface area contributed by atoms with E-state index in [2.05, 4.69) is 37.3 Å². The van der Waals surface area contributed by atoms with Crippen molar-refractivity contribution < 1.29 is 4.74 Å². The third-order valence-electron chi connectivity index (χ3n) is 3.37. The van der Waals surface area contributed by atoms with Crippen LogP contribution in [0.15, 0.2) is 54.6 Å². The lowest BCUT2D eigenvalue weighted by Crippen LogP contribution is -2.15. The second kappa shape index (κ2) is 6.95. The van der Waals surface area contributed by atoms with Crippen molar-refractivity contribution in [2.24, 2.45) is 5.73 Å². The van der Waals surface area contributed by atoms with Crippen molar-refractivity contribution in [3.63, 3.8) is 0 Å². The molecule has 0 heterocycles. The Morgan fingerprint density at radius 1 is 1.00 bits per heavy atom. The van der Waals surface area contributed by atoms with Crippen molar-refractivity contribution >= 4 is 0 Å². The number of hydrogen-bond donors (Lipinski definition) is 1. The average molecular weight is 255 g/mol. The van der Waals surface area contributed by atoms with E-state index in [4.69, 9.17) is 10.5 Å². The summed E-state index contributed by atoms with van der Waals surface area (Å²) in [6.45, 7) is 3.41. The van der Waals surface area contributed by atoms with Crippen LogP contribution in [0.1, 0.15) is 23.5 Å². The molecule has 0 aromatic heterocycles. The standard InChI is InChI=1S/C17H21NO/c1-14-7-5-6-10-17(14)19-12-11-16(13-18)15-8-3-2-4-9-15/h2-10,16H,11-13,18H2,1H3. The van der Waals surface area contributed by atoms with E-state index in [1.54, 1.807) is 0 Å². The predicted molar refractivity (Wildman–Crippen MR) is 79.5 cm³/mol. The van der Waals surface area contributed by atoms with E-state index in [1.807, 2.05) is 24.3 Å². The number of para-hydroxylation sites is 1. The third-order valence-corrected chi connectivity index (χ3v) is 3.37. The molecule has 2 N–H and O–H groups in total. The molecular weight excluding hydrogens is 234 g/mol. The average Bonchev–Trinajstić information content (AvgIpc) is 2.46. The zero-order valence-corrected chi connectivity index (χ0v) is 11.4. The Bertz CT molecular complexity index is 496. The second-order valence-electron chi connectivity index (χ2n) is 4.75. The molecule has 0 fully saturated rings. The quantitative estimate of drug-likeness (QED) is 0.857. The fourth-order valence-electron chi connectivity index (χ4n) is 2.18. The molecule has 1 atom stereocenters. The van der Waals surface area contributed by atoms with Crippen LogP contribution in [0.4, 0.5) is 0 Å². The van der Waals surface area contributed by atoms with Gasteiger partial charge < -0.3 is 10.5 Å². The number of ether oxygens (including phenoxy) is 1. The number of rotatable bonds is 6. The minimum atomic E-state index is 0.366. The molecule has 0 radical (unpaired) electrons. The van der Waals surface area contributed by atoms with Gasteiger partial charge in [-0.2, -0.15) is 0 Å². The zero-order valence-electron chi connectivity index (χ0n) is 11.4. The summed E-state index contributed by atoms with van der Waals surface area (Å²) >= 11 is 0.